The average Bonchev–Trinajstić information content (AvgIpc) is 2.21. The molecule has 0 atom stereocenters. The van der Waals surface area contributed by atoms with Gasteiger partial charge < -0.3 is 0 Å². The van der Waals surface area contributed by atoms with E-state index in [9.17, 15) is 4.79 Å². The van der Waals surface area contributed by atoms with Crippen LogP contribution in [-0.2, 0) is 0 Å². The minimum absolute atomic E-state index is 0.0309. The zero-order chi connectivity index (χ0) is 10.3. The molecule has 0 saturated carbocycles. The Morgan fingerprint density at radius 1 is 1.23 bits per heavy atom. The van der Waals surface area contributed by atoms with Gasteiger partial charge in [-0.05, 0) is 0 Å². The first-order valence-corrected chi connectivity index (χ1v) is 5.68. The summed E-state index contributed by atoms with van der Waals surface area (Å²) in [6.07, 6.45) is 0. The molecule has 1 N–H and O–H groups in total. The molecule has 0 heterocycles. The molecule has 13 heavy (non-hydrogen) atoms. The molecule has 0 saturated heterocycles. The maximum absolute atomic E-state index is 11.0. The van der Waals surface area contributed by atoms with Crippen LogP contribution in [0.4, 0.5) is 0 Å². The van der Waals surface area contributed by atoms with Gasteiger partial charge >= 0.3 is 80.9 Å². The summed E-state index contributed by atoms with van der Waals surface area (Å²) in [5.41, 5.74) is 0.715. The Morgan fingerprint density at radius 3 is 2.08 bits per heavy atom. The summed E-state index contributed by atoms with van der Waals surface area (Å²) in [7, 11) is 1.63. The van der Waals surface area contributed by atoms with Crippen LogP contribution in [0.25, 0.3) is 0 Å². The van der Waals surface area contributed by atoms with Gasteiger partial charge in [0.25, 0.3) is 0 Å². The maximum atomic E-state index is 11.0. The molecule has 0 fully saturated rings. The zero-order valence-corrected chi connectivity index (χ0v) is 11.0. The fourth-order valence-corrected chi connectivity index (χ4v) is 1.24. The van der Waals surface area contributed by atoms with Gasteiger partial charge in [-0.1, -0.05) is 13.8 Å². The van der Waals surface area contributed by atoms with Gasteiger partial charge in [0.15, 0.2) is 0 Å². The second-order valence-electron chi connectivity index (χ2n) is 2.09. The molecule has 0 bridgehead atoms. The SMILES string of the molecule is CC.CNC(=O)c1ccc([At])cc1. The molecule has 0 radical (unpaired) electrons. The van der Waals surface area contributed by atoms with Crippen LogP contribution in [-0.4, -0.2) is 13.0 Å². The van der Waals surface area contributed by atoms with E-state index in [1.54, 1.807) is 31.8 Å². The third-order valence-corrected chi connectivity index (χ3v) is 2.31. The molecule has 1 amide bonds. The first kappa shape index (κ1) is 12.6. The second kappa shape index (κ2) is 7.02. The Balaban J connectivity index is 0.000000671. The second-order valence-corrected chi connectivity index (χ2v) is 3.78. The topological polar surface area (TPSA) is 29.1 Å². The molecule has 1 aromatic rings. The van der Waals surface area contributed by atoms with Gasteiger partial charge in [-0.15, -0.1) is 0 Å². The summed E-state index contributed by atoms with van der Waals surface area (Å²) in [6.45, 7) is 4.00. The van der Waals surface area contributed by atoms with Crippen LogP contribution in [0.15, 0.2) is 24.3 Å². The number of amides is 1. The number of carbonyl (C=O) groups is 1. The normalized spacial score (nSPS) is 8.31. The summed E-state index contributed by atoms with van der Waals surface area (Å²) >= 11 is 1.61. The number of hydrogen-bond donors (Lipinski definition) is 1. The Hall–Kier alpha value is -0.427. The van der Waals surface area contributed by atoms with E-state index in [2.05, 4.69) is 5.32 Å². The van der Waals surface area contributed by atoms with Crippen LogP contribution in [0.2, 0.25) is 0 Å². The fourth-order valence-electron chi connectivity index (χ4n) is 0.746. The van der Waals surface area contributed by atoms with Crippen molar-refractivity contribution < 1.29 is 29.5 Å². The average molecular weight is 374 g/mol. The van der Waals surface area contributed by atoms with Crippen LogP contribution < -0.4 is 8.59 Å². The summed E-state index contributed by atoms with van der Waals surface area (Å²) in [4.78, 5) is 11.0. The van der Waals surface area contributed by atoms with Crippen LogP contribution in [0.1, 0.15) is 24.2 Å². The van der Waals surface area contributed by atoms with E-state index in [0.29, 0.717) is 5.56 Å². The van der Waals surface area contributed by atoms with Crippen molar-refractivity contribution in [1.29, 1.82) is 0 Å². The van der Waals surface area contributed by atoms with Gasteiger partial charge in [-0.25, -0.2) is 0 Å². The first-order chi connectivity index (χ1) is 6.24. The van der Waals surface area contributed by atoms with Crippen molar-refractivity contribution in [3.63, 3.8) is 0 Å². The first-order valence-electron chi connectivity index (χ1n) is 4.21. The standard InChI is InChI=1S/C8H8AtNO.C2H6/c1-10-8(11)6-2-4-7(9)5-3-6;1-2/h2-5H,1H3,(H,10,11);1-2H3. The number of benzene rings is 1. The van der Waals surface area contributed by atoms with E-state index >= 15 is 0 Å². The predicted molar refractivity (Wildman–Crippen MR) is 50.8 cm³/mol. The van der Waals surface area contributed by atoms with E-state index < -0.39 is 0 Å². The van der Waals surface area contributed by atoms with Crippen molar-refractivity contribution in [2.75, 3.05) is 7.05 Å². The zero-order valence-electron chi connectivity index (χ0n) is 8.10. The summed E-state index contributed by atoms with van der Waals surface area (Å²) < 4.78 is 1.22. The molecule has 1 aromatic carbocycles. The predicted octanol–water partition coefficient (Wildman–Crippen LogP) is 1.25. The minimum atomic E-state index is -0.0309. The van der Waals surface area contributed by atoms with Crippen molar-refractivity contribution >= 4 is 9.18 Å². The molecule has 0 spiro atoms. The molecule has 1 rings (SSSR count). The molecule has 0 aliphatic heterocycles. The Labute approximate surface area is 94.6 Å². The number of nitrogens with one attached hydrogen (secondary N) is 1. The van der Waals surface area contributed by atoms with Crippen molar-refractivity contribution in [3.8, 4) is 0 Å². The summed E-state index contributed by atoms with van der Waals surface area (Å²) in [5.74, 6) is -0.0309. The molecular formula is C10H14AtNO. The number of hydrogen-bond acceptors (Lipinski definition) is 1. The van der Waals surface area contributed by atoms with E-state index in [-0.39, 0.29) is 5.91 Å². The quantitative estimate of drug-likeness (QED) is 0.788. The molecule has 0 unspecified atom stereocenters. The van der Waals surface area contributed by atoms with Crippen LogP contribution >= 0.6 is 0 Å². The van der Waals surface area contributed by atoms with Gasteiger partial charge in [-0.3, -0.25) is 0 Å². The molecule has 72 valence electrons. The molecule has 0 aromatic heterocycles. The van der Waals surface area contributed by atoms with Crippen LogP contribution in [0.5, 0.6) is 0 Å². The third kappa shape index (κ3) is 4.37. The van der Waals surface area contributed by atoms with Gasteiger partial charge in [0.2, 0.25) is 0 Å². The van der Waals surface area contributed by atoms with E-state index in [1.807, 2.05) is 38.1 Å². The third-order valence-electron chi connectivity index (χ3n) is 1.33. The monoisotopic (exact) mass is 374 g/mol. The fraction of sp³-hybridized carbons (Fsp3) is 0.300. The van der Waals surface area contributed by atoms with Gasteiger partial charge in [0.1, 0.15) is 0 Å². The molecule has 3 heteroatoms. The van der Waals surface area contributed by atoms with Gasteiger partial charge in [0.05, 0.1) is 0 Å². The van der Waals surface area contributed by atoms with Crippen molar-refractivity contribution in [2.45, 2.75) is 13.8 Å². The molecular weight excluding hydrogens is 360 g/mol. The Bertz CT molecular complexity index is 256. The van der Waals surface area contributed by atoms with Crippen molar-refractivity contribution in [3.05, 3.63) is 29.8 Å². The Morgan fingerprint density at radius 2 is 1.69 bits per heavy atom. The van der Waals surface area contributed by atoms with Gasteiger partial charge in [0, 0.05) is 0 Å². The molecule has 0 aliphatic carbocycles. The number of rotatable bonds is 1. The van der Waals surface area contributed by atoms with Crippen LogP contribution in [0, 0.1) is 24.7 Å². The molecule has 0 aliphatic rings. The van der Waals surface area contributed by atoms with Crippen molar-refractivity contribution in [1.82, 2.24) is 5.32 Å². The van der Waals surface area contributed by atoms with E-state index in [0.717, 1.165) is 0 Å². The molecule has 2 nitrogen and oxygen atoms in total. The summed E-state index contributed by atoms with van der Waals surface area (Å²) in [5, 5.41) is 2.57. The number of carbonyl (C=O) groups excluding carboxylic acids is 1. The summed E-state index contributed by atoms with van der Waals surface area (Å²) in [6, 6.07) is 7.55. The van der Waals surface area contributed by atoms with Crippen molar-refractivity contribution in [2.24, 2.45) is 0 Å². The van der Waals surface area contributed by atoms with Crippen LogP contribution in [0.3, 0.4) is 0 Å². The van der Waals surface area contributed by atoms with E-state index in [4.69, 9.17) is 0 Å². The van der Waals surface area contributed by atoms with E-state index in [1.165, 1.54) is 3.27 Å². The van der Waals surface area contributed by atoms with Gasteiger partial charge in [-0.2, -0.15) is 0 Å². The Kier molecular flexibility index (Phi) is 6.79.